The van der Waals surface area contributed by atoms with Gasteiger partial charge >= 0.3 is 6.61 Å². The lowest BCUT2D eigenvalue weighted by atomic mass is 10.2. The Morgan fingerprint density at radius 2 is 1.80 bits per heavy atom. The smallest absolute Gasteiger partial charge is 0.387 e. The maximum Gasteiger partial charge on any atom is 0.387 e. The van der Waals surface area contributed by atoms with Gasteiger partial charge in [0, 0.05) is 12.1 Å². The molecule has 158 valence electrons. The van der Waals surface area contributed by atoms with Crippen molar-refractivity contribution >= 4 is 17.7 Å². The highest BCUT2D eigenvalue weighted by molar-refractivity contribution is 7.99. The Hall–Kier alpha value is -3.34. The van der Waals surface area contributed by atoms with Crippen molar-refractivity contribution in [2.45, 2.75) is 18.3 Å². The first-order chi connectivity index (χ1) is 14.5. The van der Waals surface area contributed by atoms with Crippen molar-refractivity contribution in [1.29, 1.82) is 0 Å². The lowest BCUT2D eigenvalue weighted by molar-refractivity contribution is -0.118. The maximum atomic E-state index is 12.2. The second-order valence-corrected chi connectivity index (χ2v) is 6.94. The second-order valence-electron chi connectivity index (χ2n) is 5.99. The molecule has 0 radical (unpaired) electrons. The van der Waals surface area contributed by atoms with Gasteiger partial charge in [-0.2, -0.15) is 8.78 Å². The van der Waals surface area contributed by atoms with E-state index in [0.717, 1.165) is 23.1 Å². The predicted octanol–water partition coefficient (Wildman–Crippen LogP) is 2.68. The summed E-state index contributed by atoms with van der Waals surface area (Å²) >= 11 is 1.13. The normalized spacial score (nSPS) is 10.8. The second kappa shape index (κ2) is 9.92. The summed E-state index contributed by atoms with van der Waals surface area (Å²) in [5.41, 5.74) is 1.51. The number of aromatic nitrogens is 3. The molecule has 30 heavy (non-hydrogen) atoms. The van der Waals surface area contributed by atoms with Crippen LogP contribution in [0.15, 0.2) is 53.7 Å². The Kier molecular flexibility index (Phi) is 7.07. The number of carbonyl (C=O) groups excluding carboxylic acids is 1. The van der Waals surface area contributed by atoms with E-state index in [0.29, 0.717) is 23.1 Å². The fourth-order valence-corrected chi connectivity index (χ4v) is 3.17. The van der Waals surface area contributed by atoms with E-state index < -0.39 is 6.61 Å². The molecule has 8 nitrogen and oxygen atoms in total. The highest BCUT2D eigenvalue weighted by atomic mass is 32.2. The molecular weight excluding hydrogens is 416 g/mol. The summed E-state index contributed by atoms with van der Waals surface area (Å²) in [6, 6.07) is 13.2. The molecule has 0 atom stereocenters. The molecule has 0 aliphatic carbocycles. The molecule has 3 aromatic rings. The molecule has 3 rings (SSSR count). The van der Waals surface area contributed by atoms with Crippen LogP contribution in [0.4, 0.5) is 8.78 Å². The number of ether oxygens (including phenoxy) is 2. The number of nitrogens with two attached hydrogens (primary N) is 1. The number of nitrogen functional groups attached to an aromatic ring is 1. The minimum Gasteiger partial charge on any atom is -0.497 e. The molecule has 0 saturated carbocycles. The van der Waals surface area contributed by atoms with Crippen LogP contribution in [0.3, 0.4) is 0 Å². The number of rotatable bonds is 9. The van der Waals surface area contributed by atoms with Gasteiger partial charge in [-0.25, -0.2) is 4.68 Å². The van der Waals surface area contributed by atoms with Gasteiger partial charge in [0.1, 0.15) is 11.5 Å². The lowest BCUT2D eigenvalue weighted by Crippen LogP contribution is -2.25. The summed E-state index contributed by atoms with van der Waals surface area (Å²) in [7, 11) is 1.59. The van der Waals surface area contributed by atoms with Gasteiger partial charge in [-0.15, -0.1) is 10.2 Å². The minimum atomic E-state index is -2.90. The van der Waals surface area contributed by atoms with Crippen LogP contribution >= 0.6 is 11.8 Å². The van der Waals surface area contributed by atoms with Crippen LogP contribution in [0.5, 0.6) is 11.5 Å². The van der Waals surface area contributed by atoms with Crippen LogP contribution in [0.25, 0.3) is 11.4 Å². The molecule has 0 unspecified atom stereocenters. The first kappa shape index (κ1) is 21.4. The number of alkyl halides is 2. The van der Waals surface area contributed by atoms with Crippen LogP contribution in [-0.2, 0) is 11.3 Å². The van der Waals surface area contributed by atoms with Crippen LogP contribution in [0.2, 0.25) is 0 Å². The number of halogens is 2. The molecule has 11 heteroatoms. The topological polar surface area (TPSA) is 104 Å². The number of amides is 1. The Labute approximate surface area is 175 Å². The van der Waals surface area contributed by atoms with Gasteiger partial charge < -0.3 is 20.6 Å². The number of benzene rings is 2. The van der Waals surface area contributed by atoms with E-state index in [-0.39, 0.29) is 17.4 Å². The summed E-state index contributed by atoms with van der Waals surface area (Å²) in [5, 5.41) is 11.1. The molecule has 1 aromatic heterocycles. The molecule has 0 saturated heterocycles. The summed E-state index contributed by atoms with van der Waals surface area (Å²) in [4.78, 5) is 12.1. The van der Waals surface area contributed by atoms with Crippen molar-refractivity contribution in [3.63, 3.8) is 0 Å². The number of nitrogens with one attached hydrogen (secondary N) is 1. The number of thioether (sulfide) groups is 1. The molecular formula is C19H19F2N5O3S. The molecule has 2 aromatic carbocycles. The third-order valence-electron chi connectivity index (χ3n) is 3.98. The third kappa shape index (κ3) is 5.60. The van der Waals surface area contributed by atoms with E-state index in [1.54, 1.807) is 19.2 Å². The van der Waals surface area contributed by atoms with Crippen LogP contribution < -0.4 is 20.6 Å². The van der Waals surface area contributed by atoms with E-state index in [1.807, 2.05) is 24.3 Å². The zero-order valence-electron chi connectivity index (χ0n) is 15.9. The van der Waals surface area contributed by atoms with E-state index in [4.69, 9.17) is 10.6 Å². The zero-order valence-corrected chi connectivity index (χ0v) is 16.7. The van der Waals surface area contributed by atoms with Crippen molar-refractivity contribution in [2.24, 2.45) is 0 Å². The van der Waals surface area contributed by atoms with E-state index in [2.05, 4.69) is 20.3 Å². The lowest BCUT2D eigenvalue weighted by Gasteiger charge is -2.07. The van der Waals surface area contributed by atoms with Gasteiger partial charge in [-0.1, -0.05) is 23.9 Å². The van der Waals surface area contributed by atoms with Crippen LogP contribution in [-0.4, -0.2) is 40.3 Å². The fourth-order valence-electron chi connectivity index (χ4n) is 2.48. The van der Waals surface area contributed by atoms with Gasteiger partial charge in [0.05, 0.1) is 12.9 Å². The summed E-state index contributed by atoms with van der Waals surface area (Å²) in [6.45, 7) is -2.51. The average Bonchev–Trinajstić information content (AvgIpc) is 3.11. The fraction of sp³-hybridized carbons (Fsp3) is 0.211. The summed E-state index contributed by atoms with van der Waals surface area (Å²) in [5.74, 6) is 7.03. The first-order valence-electron chi connectivity index (χ1n) is 8.74. The Bertz CT molecular complexity index is 981. The molecule has 1 heterocycles. The van der Waals surface area contributed by atoms with E-state index >= 15 is 0 Å². The van der Waals surface area contributed by atoms with Gasteiger partial charge in [0.2, 0.25) is 11.1 Å². The molecule has 3 N–H and O–H groups in total. The van der Waals surface area contributed by atoms with Crippen molar-refractivity contribution in [3.05, 3.63) is 54.1 Å². The Morgan fingerprint density at radius 1 is 1.13 bits per heavy atom. The summed E-state index contributed by atoms with van der Waals surface area (Å²) < 4.78 is 35.1. The number of hydrogen-bond donors (Lipinski definition) is 2. The molecule has 0 aliphatic rings. The number of methoxy groups -OCH3 is 1. The number of nitrogens with zero attached hydrogens (tertiary/aromatic N) is 3. The minimum absolute atomic E-state index is 0.0277. The van der Waals surface area contributed by atoms with Crippen molar-refractivity contribution in [2.75, 3.05) is 18.7 Å². The number of carbonyl (C=O) groups is 1. The zero-order chi connectivity index (χ0) is 21.5. The highest BCUT2D eigenvalue weighted by Crippen LogP contribution is 2.24. The molecule has 1 amide bonds. The quantitative estimate of drug-likeness (QED) is 0.393. The highest BCUT2D eigenvalue weighted by Gasteiger charge is 2.14. The SMILES string of the molecule is COc1ccc(CNC(=O)CSc2nnc(-c3ccc(OC(F)F)cc3)n2N)cc1. The van der Waals surface area contributed by atoms with E-state index in [9.17, 15) is 13.6 Å². The third-order valence-corrected chi connectivity index (χ3v) is 4.93. The molecule has 0 bridgehead atoms. The van der Waals surface area contributed by atoms with Crippen molar-refractivity contribution in [1.82, 2.24) is 20.2 Å². The first-order valence-corrected chi connectivity index (χ1v) is 9.73. The molecule has 0 spiro atoms. The molecule has 0 fully saturated rings. The largest absolute Gasteiger partial charge is 0.497 e. The van der Waals surface area contributed by atoms with E-state index in [1.165, 1.54) is 16.8 Å². The van der Waals surface area contributed by atoms with Gasteiger partial charge in [-0.05, 0) is 42.0 Å². The number of hydrogen-bond acceptors (Lipinski definition) is 7. The van der Waals surface area contributed by atoms with Crippen molar-refractivity contribution in [3.8, 4) is 22.9 Å². The standard InChI is InChI=1S/C19H19F2N5O3S/c1-28-14-6-2-12(3-7-14)10-23-16(27)11-30-19-25-24-17(26(19)22)13-4-8-15(9-5-13)29-18(20)21/h2-9,18H,10-11,22H2,1H3,(H,23,27). The molecule has 0 aliphatic heterocycles. The van der Waals surface area contributed by atoms with Crippen molar-refractivity contribution < 1.29 is 23.0 Å². The van der Waals surface area contributed by atoms with Gasteiger partial charge in [-0.3, -0.25) is 4.79 Å². The predicted molar refractivity (Wildman–Crippen MR) is 108 cm³/mol. The van der Waals surface area contributed by atoms with Gasteiger partial charge in [0.25, 0.3) is 0 Å². The maximum absolute atomic E-state index is 12.2. The van der Waals surface area contributed by atoms with Crippen LogP contribution in [0.1, 0.15) is 5.56 Å². The Morgan fingerprint density at radius 3 is 2.43 bits per heavy atom. The monoisotopic (exact) mass is 435 g/mol. The summed E-state index contributed by atoms with van der Waals surface area (Å²) in [6.07, 6.45) is 0. The average molecular weight is 435 g/mol. The van der Waals surface area contributed by atoms with Crippen LogP contribution in [0, 0.1) is 0 Å². The van der Waals surface area contributed by atoms with Gasteiger partial charge in [0.15, 0.2) is 5.82 Å². The Balaban J connectivity index is 1.53.